The van der Waals surface area contributed by atoms with Gasteiger partial charge < -0.3 is 9.84 Å². The van der Waals surface area contributed by atoms with Crippen LogP contribution in [-0.4, -0.2) is 16.8 Å². The Morgan fingerprint density at radius 1 is 1.47 bits per heavy atom. The first-order chi connectivity index (χ1) is 8.81. The summed E-state index contributed by atoms with van der Waals surface area (Å²) in [6, 6.07) is 4.99. The zero-order valence-corrected chi connectivity index (χ0v) is 11.5. The van der Waals surface area contributed by atoms with E-state index in [1.807, 2.05) is 0 Å². The molecule has 0 bridgehead atoms. The molecule has 102 valence electrons. The molecular weight excluding hydrogens is 242 g/mol. The lowest BCUT2D eigenvalue weighted by atomic mass is 10.1. The molecule has 0 aliphatic carbocycles. The predicted octanol–water partition coefficient (Wildman–Crippen LogP) is 3.31. The number of aromatic hydroxyl groups is 1. The SMILES string of the molecule is C#CCCc1ccc(O)c(NC(=O)OC(C)(C)C)c1. The topological polar surface area (TPSA) is 58.6 Å². The Hall–Kier alpha value is -2.15. The second-order valence-electron chi connectivity index (χ2n) is 5.18. The quantitative estimate of drug-likeness (QED) is 0.648. The van der Waals surface area contributed by atoms with Gasteiger partial charge in [0.25, 0.3) is 0 Å². The van der Waals surface area contributed by atoms with Crippen LogP contribution in [-0.2, 0) is 11.2 Å². The third-order valence-electron chi connectivity index (χ3n) is 2.25. The van der Waals surface area contributed by atoms with Gasteiger partial charge in [0.15, 0.2) is 0 Å². The van der Waals surface area contributed by atoms with E-state index in [1.165, 1.54) is 6.07 Å². The number of hydrogen-bond donors (Lipinski definition) is 2. The highest BCUT2D eigenvalue weighted by Gasteiger charge is 2.17. The summed E-state index contributed by atoms with van der Waals surface area (Å²) in [4.78, 5) is 11.6. The molecule has 0 spiro atoms. The molecule has 0 saturated carbocycles. The molecule has 1 aromatic rings. The number of carbonyl (C=O) groups excluding carboxylic acids is 1. The van der Waals surface area contributed by atoms with Gasteiger partial charge in [0.2, 0.25) is 0 Å². The minimum absolute atomic E-state index is 0.00434. The van der Waals surface area contributed by atoms with Crippen LogP contribution in [0.2, 0.25) is 0 Å². The minimum atomic E-state index is -0.600. The van der Waals surface area contributed by atoms with Crippen LogP contribution >= 0.6 is 0 Å². The monoisotopic (exact) mass is 261 g/mol. The van der Waals surface area contributed by atoms with E-state index in [4.69, 9.17) is 11.2 Å². The van der Waals surface area contributed by atoms with Crippen molar-refractivity contribution in [1.82, 2.24) is 0 Å². The molecule has 0 unspecified atom stereocenters. The third-order valence-corrected chi connectivity index (χ3v) is 2.25. The summed E-state index contributed by atoms with van der Waals surface area (Å²) in [5.74, 6) is 2.54. The number of anilines is 1. The summed E-state index contributed by atoms with van der Waals surface area (Å²) in [5.41, 5.74) is 0.686. The zero-order chi connectivity index (χ0) is 14.5. The van der Waals surface area contributed by atoms with Crippen molar-refractivity contribution in [3.05, 3.63) is 23.8 Å². The largest absolute Gasteiger partial charge is 0.506 e. The van der Waals surface area contributed by atoms with Crippen LogP contribution in [0, 0.1) is 12.3 Å². The maximum Gasteiger partial charge on any atom is 0.412 e. The fourth-order valence-corrected chi connectivity index (χ4v) is 1.47. The van der Waals surface area contributed by atoms with Gasteiger partial charge in [0.05, 0.1) is 5.69 Å². The molecule has 0 aliphatic rings. The van der Waals surface area contributed by atoms with Crippen molar-refractivity contribution in [2.24, 2.45) is 0 Å². The van der Waals surface area contributed by atoms with Crippen LogP contribution in [0.4, 0.5) is 10.5 Å². The standard InChI is InChI=1S/C15H19NO3/c1-5-6-7-11-8-9-13(17)12(10-11)16-14(18)19-15(2,3)4/h1,8-10,17H,6-7H2,2-4H3,(H,16,18). The predicted molar refractivity (Wildman–Crippen MR) is 75.1 cm³/mol. The third kappa shape index (κ3) is 5.35. The Labute approximate surface area is 113 Å². The van der Waals surface area contributed by atoms with Gasteiger partial charge in [-0.3, -0.25) is 5.32 Å². The Morgan fingerprint density at radius 3 is 2.74 bits per heavy atom. The number of carbonyl (C=O) groups is 1. The average Bonchev–Trinajstić information content (AvgIpc) is 2.27. The van der Waals surface area contributed by atoms with E-state index in [0.717, 1.165) is 5.56 Å². The molecule has 1 rings (SSSR count). The lowest BCUT2D eigenvalue weighted by Crippen LogP contribution is -2.27. The number of ether oxygens (including phenoxy) is 1. The van der Waals surface area contributed by atoms with E-state index in [-0.39, 0.29) is 5.75 Å². The maximum absolute atomic E-state index is 11.6. The van der Waals surface area contributed by atoms with Crippen molar-refractivity contribution >= 4 is 11.8 Å². The normalized spacial score (nSPS) is 10.6. The van der Waals surface area contributed by atoms with Gasteiger partial charge in [-0.25, -0.2) is 4.79 Å². The highest BCUT2D eigenvalue weighted by atomic mass is 16.6. The number of phenolic OH excluding ortho intramolecular Hbond substituents is 1. The van der Waals surface area contributed by atoms with Gasteiger partial charge in [-0.1, -0.05) is 6.07 Å². The first-order valence-electron chi connectivity index (χ1n) is 6.07. The smallest absolute Gasteiger partial charge is 0.412 e. The van der Waals surface area contributed by atoms with E-state index in [9.17, 15) is 9.90 Å². The minimum Gasteiger partial charge on any atom is -0.506 e. The van der Waals surface area contributed by atoms with E-state index in [0.29, 0.717) is 18.5 Å². The highest BCUT2D eigenvalue weighted by molar-refractivity contribution is 5.87. The zero-order valence-electron chi connectivity index (χ0n) is 11.5. The van der Waals surface area contributed by atoms with Crippen LogP contribution in [0.3, 0.4) is 0 Å². The fraction of sp³-hybridized carbons (Fsp3) is 0.400. The Balaban J connectivity index is 2.77. The number of terminal acetylenes is 1. The molecule has 0 atom stereocenters. The number of aryl methyl sites for hydroxylation is 1. The summed E-state index contributed by atoms with van der Waals surface area (Å²) in [7, 11) is 0. The van der Waals surface area contributed by atoms with Crippen LogP contribution in [0.1, 0.15) is 32.8 Å². The second-order valence-corrected chi connectivity index (χ2v) is 5.18. The van der Waals surface area contributed by atoms with Crippen molar-refractivity contribution in [2.75, 3.05) is 5.32 Å². The molecule has 0 radical (unpaired) electrons. The van der Waals surface area contributed by atoms with E-state index in [2.05, 4.69) is 11.2 Å². The maximum atomic E-state index is 11.6. The van der Waals surface area contributed by atoms with Crippen molar-refractivity contribution in [2.45, 2.75) is 39.2 Å². The van der Waals surface area contributed by atoms with Crippen molar-refractivity contribution in [3.63, 3.8) is 0 Å². The summed E-state index contributed by atoms with van der Waals surface area (Å²) < 4.78 is 5.12. The van der Waals surface area contributed by atoms with Crippen molar-refractivity contribution in [3.8, 4) is 18.1 Å². The fourth-order valence-electron chi connectivity index (χ4n) is 1.47. The lowest BCUT2D eigenvalue weighted by Gasteiger charge is -2.20. The van der Waals surface area contributed by atoms with Gasteiger partial charge in [-0.05, 0) is 44.9 Å². The lowest BCUT2D eigenvalue weighted by molar-refractivity contribution is 0.0635. The first-order valence-corrected chi connectivity index (χ1v) is 6.07. The van der Waals surface area contributed by atoms with Gasteiger partial charge in [-0.15, -0.1) is 12.3 Å². The number of phenols is 1. The van der Waals surface area contributed by atoms with E-state index in [1.54, 1.807) is 32.9 Å². The molecule has 0 aromatic heterocycles. The van der Waals surface area contributed by atoms with Crippen molar-refractivity contribution < 1.29 is 14.6 Å². The number of benzene rings is 1. The van der Waals surface area contributed by atoms with Crippen LogP contribution in [0.5, 0.6) is 5.75 Å². The number of hydrogen-bond acceptors (Lipinski definition) is 3. The molecule has 19 heavy (non-hydrogen) atoms. The molecule has 1 amide bonds. The Bertz CT molecular complexity index is 495. The Kier molecular flexibility index (Phi) is 4.82. The molecule has 1 aromatic carbocycles. The molecular formula is C15H19NO3. The van der Waals surface area contributed by atoms with E-state index < -0.39 is 11.7 Å². The van der Waals surface area contributed by atoms with Gasteiger partial charge in [-0.2, -0.15) is 0 Å². The summed E-state index contributed by atoms with van der Waals surface area (Å²) in [5, 5.41) is 12.2. The highest BCUT2D eigenvalue weighted by Crippen LogP contribution is 2.25. The summed E-state index contributed by atoms with van der Waals surface area (Å²) in [6.45, 7) is 5.32. The summed E-state index contributed by atoms with van der Waals surface area (Å²) >= 11 is 0. The number of amides is 1. The Morgan fingerprint density at radius 2 is 2.16 bits per heavy atom. The number of rotatable bonds is 3. The van der Waals surface area contributed by atoms with Crippen molar-refractivity contribution in [1.29, 1.82) is 0 Å². The van der Waals surface area contributed by atoms with Crippen LogP contribution in [0.25, 0.3) is 0 Å². The summed E-state index contributed by atoms with van der Waals surface area (Å²) in [6.07, 6.45) is 5.91. The van der Waals surface area contributed by atoms with Crippen LogP contribution in [0.15, 0.2) is 18.2 Å². The molecule has 4 nitrogen and oxygen atoms in total. The molecule has 0 saturated heterocycles. The average molecular weight is 261 g/mol. The second kappa shape index (κ2) is 6.14. The molecule has 4 heteroatoms. The first kappa shape index (κ1) is 14.9. The number of nitrogens with one attached hydrogen (secondary N) is 1. The van der Waals surface area contributed by atoms with E-state index >= 15 is 0 Å². The van der Waals surface area contributed by atoms with Gasteiger partial charge in [0, 0.05) is 6.42 Å². The molecule has 2 N–H and O–H groups in total. The molecule has 0 heterocycles. The molecule has 0 aliphatic heterocycles. The van der Waals surface area contributed by atoms with Gasteiger partial charge in [0.1, 0.15) is 11.4 Å². The van der Waals surface area contributed by atoms with Gasteiger partial charge >= 0.3 is 6.09 Å². The molecule has 0 fully saturated rings. The van der Waals surface area contributed by atoms with Crippen LogP contribution < -0.4 is 5.32 Å².